The molecule has 0 bridgehead atoms. The van der Waals surface area contributed by atoms with Gasteiger partial charge in [-0.2, -0.15) is 0 Å². The van der Waals surface area contributed by atoms with Crippen molar-refractivity contribution in [3.63, 3.8) is 0 Å². The van der Waals surface area contributed by atoms with E-state index < -0.39 is 0 Å². The van der Waals surface area contributed by atoms with E-state index in [0.29, 0.717) is 6.42 Å². The van der Waals surface area contributed by atoms with Gasteiger partial charge >= 0.3 is 0 Å². The number of unbranched alkanes of at least 4 members (excludes halogenated alkanes) is 1. The third-order valence-corrected chi connectivity index (χ3v) is 4.55. The Hall–Kier alpha value is -1.30. The highest BCUT2D eigenvalue weighted by Crippen LogP contribution is 2.28. The summed E-state index contributed by atoms with van der Waals surface area (Å²) >= 11 is 0. The number of piperazine rings is 1. The first-order valence-electron chi connectivity index (χ1n) is 8.16. The van der Waals surface area contributed by atoms with Gasteiger partial charge < -0.3 is 15.7 Å². The lowest BCUT2D eigenvalue weighted by atomic mass is 10.0. The zero-order chi connectivity index (χ0) is 14.7. The lowest BCUT2D eigenvalue weighted by Crippen LogP contribution is -2.46. The molecule has 0 aromatic heterocycles. The van der Waals surface area contributed by atoms with E-state index in [0.717, 1.165) is 38.3 Å². The molecule has 23 heavy (non-hydrogen) atoms. The molecule has 0 spiro atoms. The van der Waals surface area contributed by atoms with Crippen molar-refractivity contribution >= 4 is 29.7 Å². The minimum absolute atomic E-state index is 0. The molecule has 0 saturated carbocycles. The van der Waals surface area contributed by atoms with Gasteiger partial charge in [-0.25, -0.2) is 0 Å². The van der Waals surface area contributed by atoms with Crippen molar-refractivity contribution in [2.75, 3.05) is 42.9 Å². The van der Waals surface area contributed by atoms with Crippen LogP contribution in [0.2, 0.25) is 0 Å². The number of carbonyl (C=O) groups excluding carboxylic acids is 1. The summed E-state index contributed by atoms with van der Waals surface area (Å²) in [6.45, 7) is 8.02. The third-order valence-electron chi connectivity index (χ3n) is 4.55. The third kappa shape index (κ3) is 4.83. The van der Waals surface area contributed by atoms with Gasteiger partial charge in [0, 0.05) is 44.0 Å². The quantitative estimate of drug-likeness (QED) is 0.911. The van der Waals surface area contributed by atoms with Crippen molar-refractivity contribution in [3.05, 3.63) is 23.8 Å². The number of benzene rings is 1. The first kappa shape index (κ1) is 19.7. The molecule has 2 heterocycles. The van der Waals surface area contributed by atoms with Crippen molar-refractivity contribution in [2.24, 2.45) is 0 Å². The van der Waals surface area contributed by atoms with Crippen LogP contribution in [0, 0.1) is 0 Å². The van der Waals surface area contributed by atoms with Crippen LogP contribution < -0.4 is 10.2 Å². The predicted molar refractivity (Wildman–Crippen MR) is 97.8 cm³/mol. The summed E-state index contributed by atoms with van der Waals surface area (Å²) in [7, 11) is 0. The van der Waals surface area contributed by atoms with E-state index in [1.807, 2.05) is 0 Å². The van der Waals surface area contributed by atoms with Gasteiger partial charge in [-0.3, -0.25) is 9.69 Å². The first-order chi connectivity index (χ1) is 10.3. The van der Waals surface area contributed by atoms with Gasteiger partial charge in [0.15, 0.2) is 0 Å². The van der Waals surface area contributed by atoms with Crippen molar-refractivity contribution < 1.29 is 10.3 Å². The SMILES string of the molecule is CCCCN1CCN(c2ccc3c(c2)CCC(=O)N3)CC1.Cl.O. The lowest BCUT2D eigenvalue weighted by molar-refractivity contribution is -0.116. The largest absolute Gasteiger partial charge is 0.412 e. The Balaban J connectivity index is 0.00000132. The van der Waals surface area contributed by atoms with Crippen LogP contribution >= 0.6 is 12.4 Å². The molecule has 2 aliphatic rings. The number of nitrogens with zero attached hydrogens (tertiary/aromatic N) is 2. The van der Waals surface area contributed by atoms with Crippen molar-refractivity contribution in [1.82, 2.24) is 4.90 Å². The molecule has 0 atom stereocenters. The Morgan fingerprint density at radius 2 is 1.87 bits per heavy atom. The molecule has 0 radical (unpaired) electrons. The molecule has 5 nitrogen and oxygen atoms in total. The van der Waals surface area contributed by atoms with E-state index in [1.165, 1.54) is 30.6 Å². The summed E-state index contributed by atoms with van der Waals surface area (Å²) in [6.07, 6.45) is 4.06. The number of aryl methyl sites for hydroxylation is 1. The van der Waals surface area contributed by atoms with Crippen LogP contribution in [0.15, 0.2) is 18.2 Å². The highest BCUT2D eigenvalue weighted by molar-refractivity contribution is 5.94. The number of hydrogen-bond acceptors (Lipinski definition) is 3. The molecule has 1 saturated heterocycles. The summed E-state index contributed by atoms with van der Waals surface area (Å²) < 4.78 is 0. The molecule has 0 aliphatic carbocycles. The maximum Gasteiger partial charge on any atom is 0.224 e. The Labute approximate surface area is 144 Å². The van der Waals surface area contributed by atoms with Gasteiger partial charge in [-0.1, -0.05) is 13.3 Å². The number of nitrogens with one attached hydrogen (secondary N) is 1. The van der Waals surface area contributed by atoms with Crippen molar-refractivity contribution in [2.45, 2.75) is 32.6 Å². The summed E-state index contributed by atoms with van der Waals surface area (Å²) in [5, 5.41) is 2.95. The van der Waals surface area contributed by atoms with Crippen LogP contribution in [0.25, 0.3) is 0 Å². The van der Waals surface area contributed by atoms with Crippen molar-refractivity contribution in [1.29, 1.82) is 0 Å². The van der Waals surface area contributed by atoms with Gasteiger partial charge in [0.2, 0.25) is 5.91 Å². The highest BCUT2D eigenvalue weighted by Gasteiger charge is 2.19. The average molecular weight is 342 g/mol. The fourth-order valence-corrected chi connectivity index (χ4v) is 3.18. The van der Waals surface area contributed by atoms with E-state index in [9.17, 15) is 4.79 Å². The number of anilines is 2. The molecule has 1 fully saturated rings. The molecule has 3 N–H and O–H groups in total. The van der Waals surface area contributed by atoms with E-state index >= 15 is 0 Å². The minimum Gasteiger partial charge on any atom is -0.412 e. The van der Waals surface area contributed by atoms with E-state index in [2.05, 4.69) is 40.2 Å². The summed E-state index contributed by atoms with van der Waals surface area (Å²) in [6, 6.07) is 6.47. The molecular formula is C17H28ClN3O2. The van der Waals surface area contributed by atoms with Gasteiger partial charge in [0.1, 0.15) is 0 Å². The van der Waals surface area contributed by atoms with Crippen LogP contribution in [0.1, 0.15) is 31.7 Å². The van der Waals surface area contributed by atoms with Crippen LogP contribution in [0.4, 0.5) is 11.4 Å². The smallest absolute Gasteiger partial charge is 0.224 e. The van der Waals surface area contributed by atoms with E-state index in [4.69, 9.17) is 0 Å². The van der Waals surface area contributed by atoms with Crippen LogP contribution in [0.3, 0.4) is 0 Å². The molecule has 0 unspecified atom stereocenters. The van der Waals surface area contributed by atoms with Crippen LogP contribution in [0.5, 0.6) is 0 Å². The summed E-state index contributed by atoms with van der Waals surface area (Å²) in [4.78, 5) is 16.4. The molecule has 1 amide bonds. The molecule has 1 aromatic rings. The number of rotatable bonds is 4. The van der Waals surface area contributed by atoms with Gasteiger partial charge in [0.05, 0.1) is 0 Å². The second-order valence-corrected chi connectivity index (χ2v) is 6.07. The molecule has 1 aromatic carbocycles. The van der Waals surface area contributed by atoms with Gasteiger partial charge in [-0.15, -0.1) is 12.4 Å². The normalized spacial score (nSPS) is 17.6. The fourth-order valence-electron chi connectivity index (χ4n) is 3.18. The fraction of sp³-hybridized carbons (Fsp3) is 0.588. The second kappa shape index (κ2) is 9.11. The lowest BCUT2D eigenvalue weighted by Gasteiger charge is -2.36. The number of carbonyl (C=O) groups is 1. The van der Waals surface area contributed by atoms with Gasteiger partial charge in [-0.05, 0) is 43.1 Å². The molecule has 3 rings (SSSR count). The Bertz CT molecular complexity index is 517. The standard InChI is InChI=1S/C17H25N3O.ClH.H2O/c1-2-3-8-19-9-11-20(12-10-19)15-5-6-16-14(13-15)4-7-17(21)18-16;;/h5-6,13H,2-4,7-12H2,1H3,(H,18,21);1H;1H2. The molecule has 2 aliphatic heterocycles. The van der Waals surface area contributed by atoms with Crippen LogP contribution in [-0.4, -0.2) is 49.0 Å². The minimum atomic E-state index is 0. The summed E-state index contributed by atoms with van der Waals surface area (Å²) in [5.41, 5.74) is 3.58. The Morgan fingerprint density at radius 3 is 2.57 bits per heavy atom. The average Bonchev–Trinajstić information content (AvgIpc) is 2.53. The van der Waals surface area contributed by atoms with Crippen molar-refractivity contribution in [3.8, 4) is 0 Å². The topological polar surface area (TPSA) is 67.1 Å². The predicted octanol–water partition coefficient (Wildman–Crippen LogP) is 2.09. The number of amides is 1. The Kier molecular flexibility index (Phi) is 7.82. The number of fused-ring (bicyclic) bond motifs is 1. The van der Waals surface area contributed by atoms with Crippen LogP contribution in [-0.2, 0) is 11.2 Å². The zero-order valence-electron chi connectivity index (χ0n) is 13.8. The highest BCUT2D eigenvalue weighted by atomic mass is 35.5. The molecule has 6 heteroatoms. The van der Waals surface area contributed by atoms with E-state index in [-0.39, 0.29) is 23.8 Å². The number of halogens is 1. The maximum atomic E-state index is 11.4. The zero-order valence-corrected chi connectivity index (χ0v) is 14.6. The molecule has 130 valence electrons. The second-order valence-electron chi connectivity index (χ2n) is 6.07. The van der Waals surface area contributed by atoms with E-state index in [1.54, 1.807) is 0 Å². The maximum absolute atomic E-state index is 11.4. The Morgan fingerprint density at radius 1 is 1.13 bits per heavy atom. The number of hydrogen-bond donors (Lipinski definition) is 1. The first-order valence-corrected chi connectivity index (χ1v) is 8.16. The monoisotopic (exact) mass is 341 g/mol. The summed E-state index contributed by atoms with van der Waals surface area (Å²) in [5.74, 6) is 0.139. The molecular weight excluding hydrogens is 314 g/mol. The van der Waals surface area contributed by atoms with Gasteiger partial charge in [0.25, 0.3) is 0 Å².